The number of fused-ring (bicyclic) bond motifs is 2. The number of likely N-dealkylation sites (N-methyl/N-ethyl adjacent to an activating group) is 1. The Balaban J connectivity index is 0.000000235. The molecule has 6 amide bonds. The first kappa shape index (κ1) is 77.5. The Labute approximate surface area is 623 Å². The topological polar surface area (TPSA) is 323 Å². The Bertz CT molecular complexity index is 5110. The van der Waals surface area contributed by atoms with Crippen LogP contribution in [0.2, 0.25) is 0 Å². The van der Waals surface area contributed by atoms with Crippen molar-refractivity contribution in [2.45, 2.75) is 65.4 Å². The standard InChI is InChI=1S/C44H54N8O7S.C37H35N5O5/c1-44(2,3)30-25-37(41(58-6)38(26-30)50-60(7,55)56)49-43(54)48-36-13-14-39(35-12-9-8-11-34(35)36)59-32-15-16-45-40(28-32)47-31-23-29(24-33(27-31)57-5)42(53)46-17-20-52-19-10-18-51(4)21-22-52;1-6-22-15-23(21-43)17-25(16-22)40-33-20-26(13-14-39-33)47-32-12-11-30(27-9-7-8-10-28(27)32)41-36(45)42-31-19-24(37(2,3)4)18-29(35(38)44)34(31)46-5/h8-9,11-16,23-28,50H,10,17-22H2,1-7H3,(H,45,47)(H,46,53)(H2,48,49,54);1,7-20,43H,21H2,2-5H3,(H2,38,44)(H,39,40)(H2,41,42,45). The maximum Gasteiger partial charge on any atom is 0.323 e. The van der Waals surface area contributed by atoms with Crippen molar-refractivity contribution in [3.05, 3.63) is 203 Å². The van der Waals surface area contributed by atoms with E-state index in [0.29, 0.717) is 103 Å². The Morgan fingerprint density at radius 3 is 1.62 bits per heavy atom. The van der Waals surface area contributed by atoms with Crippen molar-refractivity contribution in [1.29, 1.82) is 0 Å². The summed E-state index contributed by atoms with van der Waals surface area (Å²) in [6.07, 6.45) is 11.0. The summed E-state index contributed by atoms with van der Waals surface area (Å²) >= 11 is 0. The SMILES string of the molecule is C#Cc1cc(CO)cc(Nc2cc(Oc3ccc(NC(=O)Nc4cc(C(C)(C)C)cc(C(N)=O)c4OC)c4ccccc34)ccn2)c1.COc1cc(Nc2cc(Oc3ccc(NC(=O)Nc4cc(C(C)(C)C)cc(NS(C)(=O)=O)c4OC)c4ccccc34)ccn2)cc(C(=O)NCCN2CCCN(C)CC2)c1. The summed E-state index contributed by atoms with van der Waals surface area (Å²) in [4.78, 5) is 65.9. The maximum absolute atomic E-state index is 13.5. The summed E-state index contributed by atoms with van der Waals surface area (Å²) in [5.74, 6) is 5.73. The lowest BCUT2D eigenvalue weighted by Crippen LogP contribution is -2.36. The molecule has 0 bridgehead atoms. The molecule has 8 aromatic carbocycles. The van der Waals surface area contributed by atoms with E-state index < -0.39 is 28.0 Å². The summed E-state index contributed by atoms with van der Waals surface area (Å²) < 4.78 is 56.1. The first-order valence-electron chi connectivity index (χ1n) is 34.4. The number of nitrogens with zero attached hydrogens (tertiary/aromatic N) is 4. The van der Waals surface area contributed by atoms with Crippen molar-refractivity contribution in [2.24, 2.45) is 5.73 Å². The minimum absolute atomic E-state index is 0.144. The number of pyridine rings is 2. The average molecular weight is 1470 g/mol. The third-order valence-corrected chi connectivity index (χ3v) is 18.0. The summed E-state index contributed by atoms with van der Waals surface area (Å²) in [6, 6.07) is 45.4. The van der Waals surface area contributed by atoms with Crippen molar-refractivity contribution in [1.82, 2.24) is 25.1 Å². The quantitative estimate of drug-likeness (QED) is 0.0266. The summed E-state index contributed by atoms with van der Waals surface area (Å²) in [7, 11) is 2.87. The van der Waals surface area contributed by atoms with Crippen molar-refractivity contribution in [3.63, 3.8) is 0 Å². The molecule has 1 aliphatic rings. The van der Waals surface area contributed by atoms with Gasteiger partial charge in [0.05, 0.1) is 68.2 Å². The molecule has 26 heteroatoms. The molecule has 0 radical (unpaired) electrons. The zero-order chi connectivity index (χ0) is 76.7. The number of urea groups is 2. The highest BCUT2D eigenvalue weighted by Crippen LogP contribution is 2.42. The molecule has 3 heterocycles. The number of anilines is 9. The van der Waals surface area contributed by atoms with Crippen LogP contribution in [0.1, 0.15) is 90.9 Å². The van der Waals surface area contributed by atoms with Gasteiger partial charge in [0.15, 0.2) is 11.5 Å². The van der Waals surface area contributed by atoms with Crippen molar-refractivity contribution >= 4 is 107 Å². The summed E-state index contributed by atoms with van der Waals surface area (Å²) in [5.41, 5.74) is 11.6. The van der Waals surface area contributed by atoms with Crippen LogP contribution in [0, 0.1) is 12.3 Å². The van der Waals surface area contributed by atoms with Gasteiger partial charge in [-0.15, -0.1) is 6.42 Å². The predicted octanol–water partition coefficient (Wildman–Crippen LogP) is 14.8. The number of sulfonamides is 1. The van der Waals surface area contributed by atoms with Gasteiger partial charge in [-0.3, -0.25) is 14.3 Å². The predicted molar refractivity (Wildman–Crippen MR) is 423 cm³/mol. The number of ether oxygens (including phenoxy) is 5. The van der Waals surface area contributed by atoms with Gasteiger partial charge in [-0.05, 0) is 145 Å². The third-order valence-electron chi connectivity index (χ3n) is 17.4. The number of hydrogen-bond donors (Lipinski definition) is 10. The molecule has 2 aromatic heterocycles. The Hall–Kier alpha value is -12.2. The van der Waals surface area contributed by atoms with Gasteiger partial charge in [0.1, 0.15) is 40.4 Å². The summed E-state index contributed by atoms with van der Waals surface area (Å²) in [6.45, 7) is 17.2. The van der Waals surface area contributed by atoms with Crippen LogP contribution in [-0.2, 0) is 27.5 Å². The van der Waals surface area contributed by atoms with Gasteiger partial charge in [0.2, 0.25) is 10.0 Å². The molecular weight excluding hydrogens is 1380 g/mol. The Morgan fingerprint density at radius 2 is 1.10 bits per heavy atom. The van der Waals surface area contributed by atoms with Gasteiger partial charge in [0, 0.05) is 101 Å². The van der Waals surface area contributed by atoms with Crippen LogP contribution in [0.15, 0.2) is 170 Å². The molecule has 0 atom stereocenters. The number of rotatable bonds is 23. The van der Waals surface area contributed by atoms with Gasteiger partial charge in [0.25, 0.3) is 11.8 Å². The van der Waals surface area contributed by atoms with E-state index in [1.54, 1.807) is 129 Å². The lowest BCUT2D eigenvalue weighted by atomic mass is 9.85. The van der Waals surface area contributed by atoms with Crippen molar-refractivity contribution in [2.75, 3.05) is 111 Å². The second kappa shape index (κ2) is 34.2. The number of carbonyl (C=O) groups is 4. The fraction of sp³-hybridized carbons (Fsp3) is 0.259. The number of methoxy groups -OCH3 is 3. The fourth-order valence-corrected chi connectivity index (χ4v) is 12.5. The molecule has 11 rings (SSSR count). The van der Waals surface area contributed by atoms with Crippen LogP contribution >= 0.6 is 0 Å². The van der Waals surface area contributed by atoms with Gasteiger partial charge in [-0.1, -0.05) is 96.0 Å². The van der Waals surface area contributed by atoms with Crippen LogP contribution in [-0.4, -0.2) is 131 Å². The lowest BCUT2D eigenvalue weighted by Gasteiger charge is -2.24. The minimum atomic E-state index is -3.65. The normalized spacial score (nSPS) is 12.6. The average Bonchev–Trinajstić information content (AvgIpc) is 1.17. The van der Waals surface area contributed by atoms with E-state index in [1.165, 1.54) is 14.2 Å². The zero-order valence-corrected chi connectivity index (χ0v) is 62.4. The molecule has 25 nitrogen and oxygen atoms in total. The van der Waals surface area contributed by atoms with Crippen LogP contribution in [0.5, 0.6) is 40.2 Å². The molecule has 1 aliphatic heterocycles. The van der Waals surface area contributed by atoms with Crippen LogP contribution in [0.4, 0.5) is 61.0 Å². The Morgan fingerprint density at radius 1 is 0.579 bits per heavy atom. The van der Waals surface area contributed by atoms with E-state index in [2.05, 4.69) is 74.7 Å². The number of nitrogens with one attached hydrogen (secondary N) is 8. The third kappa shape index (κ3) is 20.6. The van der Waals surface area contributed by atoms with Crippen LogP contribution in [0.25, 0.3) is 21.5 Å². The second-order valence-electron chi connectivity index (χ2n) is 27.6. The number of aromatic nitrogens is 2. The van der Waals surface area contributed by atoms with Gasteiger partial charge < -0.3 is 81.5 Å². The zero-order valence-electron chi connectivity index (χ0n) is 61.6. The van der Waals surface area contributed by atoms with E-state index in [0.717, 1.165) is 72.7 Å². The first-order chi connectivity index (χ1) is 51.1. The number of nitrogens with two attached hydrogens (primary N) is 1. The Kier molecular flexibility index (Phi) is 24.7. The van der Waals surface area contributed by atoms with E-state index in [1.807, 2.05) is 90.1 Å². The van der Waals surface area contributed by atoms with Crippen molar-refractivity contribution in [3.8, 4) is 52.6 Å². The number of carbonyl (C=O) groups excluding carboxylic acids is 4. The summed E-state index contributed by atoms with van der Waals surface area (Å²) in [5, 5.41) is 33.6. The molecular formula is C81H89N13O12S. The number of amides is 6. The van der Waals surface area contributed by atoms with E-state index in [-0.39, 0.29) is 46.1 Å². The van der Waals surface area contributed by atoms with Gasteiger partial charge >= 0.3 is 12.1 Å². The molecule has 1 fully saturated rings. The van der Waals surface area contributed by atoms with E-state index in [4.69, 9.17) is 35.8 Å². The van der Waals surface area contributed by atoms with Gasteiger partial charge in [-0.2, -0.15) is 0 Å². The smallest absolute Gasteiger partial charge is 0.323 e. The molecule has 107 heavy (non-hydrogen) atoms. The second-order valence-corrected chi connectivity index (χ2v) is 29.3. The van der Waals surface area contributed by atoms with Crippen LogP contribution < -0.4 is 71.4 Å². The minimum Gasteiger partial charge on any atom is -0.497 e. The molecule has 0 aliphatic carbocycles. The first-order valence-corrected chi connectivity index (χ1v) is 36.3. The monoisotopic (exact) mass is 1470 g/mol. The van der Waals surface area contributed by atoms with Crippen molar-refractivity contribution < 1.29 is 56.4 Å². The number of aliphatic hydroxyl groups is 1. The number of terminal acetylenes is 1. The molecule has 0 unspecified atom stereocenters. The largest absolute Gasteiger partial charge is 0.497 e. The van der Waals surface area contributed by atoms with E-state index in [9.17, 15) is 32.7 Å². The highest BCUT2D eigenvalue weighted by molar-refractivity contribution is 7.92. The van der Waals surface area contributed by atoms with Gasteiger partial charge in [-0.25, -0.2) is 28.0 Å². The molecule has 1 saturated heterocycles. The maximum atomic E-state index is 13.5. The number of hydrogen-bond acceptors (Lipinski definition) is 18. The van der Waals surface area contributed by atoms with Crippen LogP contribution in [0.3, 0.4) is 0 Å². The molecule has 556 valence electrons. The van der Waals surface area contributed by atoms with E-state index >= 15 is 0 Å². The highest BCUT2D eigenvalue weighted by Gasteiger charge is 2.26. The lowest BCUT2D eigenvalue weighted by molar-refractivity contribution is 0.0946. The molecule has 0 saturated carbocycles. The number of aliphatic hydroxyl groups excluding tert-OH is 1. The number of benzene rings is 8. The number of primary amides is 1. The fourth-order valence-electron chi connectivity index (χ4n) is 11.9. The molecule has 11 N–H and O–H groups in total. The highest BCUT2D eigenvalue weighted by atomic mass is 32.2. The molecule has 0 spiro atoms. The molecule has 10 aromatic rings.